The Bertz CT molecular complexity index is 739. The van der Waals surface area contributed by atoms with Crippen molar-refractivity contribution < 1.29 is 18.7 Å². The lowest BCUT2D eigenvalue weighted by Gasteiger charge is -2.16. The molecule has 1 amide bonds. The summed E-state index contributed by atoms with van der Waals surface area (Å²) in [4.78, 5) is 25.4. The number of carbonyl (C=O) groups excluding carboxylic acids is 2. The molecule has 0 aliphatic carbocycles. The number of amides is 1. The first-order valence-electron chi connectivity index (χ1n) is 7.91. The number of aryl methyl sites for hydroxylation is 1. The number of benzene rings is 1. The van der Waals surface area contributed by atoms with E-state index < -0.39 is 5.97 Å². The van der Waals surface area contributed by atoms with Crippen LogP contribution < -0.4 is 4.90 Å². The largest absolute Gasteiger partial charge is 0.466 e. The lowest BCUT2D eigenvalue weighted by atomic mass is 10.1. The summed E-state index contributed by atoms with van der Waals surface area (Å²) in [7, 11) is 0. The van der Waals surface area contributed by atoms with Crippen LogP contribution in [0.4, 0.5) is 5.69 Å². The van der Waals surface area contributed by atoms with Gasteiger partial charge in [-0.25, -0.2) is 0 Å². The normalized spacial score (nSPS) is 17.3. The lowest BCUT2D eigenvalue weighted by molar-refractivity contribution is -0.142. The minimum absolute atomic E-state index is 0.0222. The zero-order valence-corrected chi connectivity index (χ0v) is 13.7. The zero-order chi connectivity index (χ0) is 17.1. The summed E-state index contributed by atoms with van der Waals surface area (Å²) in [6.45, 7) is 4.54. The Morgan fingerprint density at radius 1 is 1.33 bits per heavy atom. The molecule has 1 fully saturated rings. The lowest BCUT2D eigenvalue weighted by Crippen LogP contribution is -2.24. The summed E-state index contributed by atoms with van der Waals surface area (Å²) in [5.41, 5.74) is 2.00. The van der Waals surface area contributed by atoms with Gasteiger partial charge in [-0.05, 0) is 26.0 Å². The number of carbonyl (C=O) groups is 2. The number of hydrogen-bond acceptors (Lipinski definition) is 6. The average Bonchev–Trinajstić information content (AvgIpc) is 3.15. The van der Waals surface area contributed by atoms with Gasteiger partial charge in [0.25, 0.3) is 0 Å². The van der Waals surface area contributed by atoms with E-state index in [1.807, 2.05) is 31.2 Å². The third-order valence-electron chi connectivity index (χ3n) is 3.90. The monoisotopic (exact) mass is 329 g/mol. The van der Waals surface area contributed by atoms with Crippen molar-refractivity contribution in [1.82, 2.24) is 10.2 Å². The number of anilines is 1. The van der Waals surface area contributed by atoms with Crippen LogP contribution >= 0.6 is 0 Å². The highest BCUT2D eigenvalue weighted by atomic mass is 16.5. The maximum atomic E-state index is 12.3. The molecule has 2 aromatic rings. The van der Waals surface area contributed by atoms with Gasteiger partial charge in [-0.15, -0.1) is 10.2 Å². The first-order chi connectivity index (χ1) is 11.6. The zero-order valence-electron chi connectivity index (χ0n) is 13.7. The minimum Gasteiger partial charge on any atom is -0.466 e. The van der Waals surface area contributed by atoms with Gasteiger partial charge < -0.3 is 14.1 Å². The Kier molecular flexibility index (Phi) is 4.59. The van der Waals surface area contributed by atoms with Gasteiger partial charge in [0.2, 0.25) is 17.7 Å². The van der Waals surface area contributed by atoms with E-state index in [-0.39, 0.29) is 24.1 Å². The molecular weight excluding hydrogens is 310 g/mol. The van der Waals surface area contributed by atoms with E-state index in [2.05, 4.69) is 10.2 Å². The molecule has 1 aromatic heterocycles. The van der Waals surface area contributed by atoms with Gasteiger partial charge in [0.1, 0.15) is 6.42 Å². The van der Waals surface area contributed by atoms with Crippen LogP contribution in [-0.2, 0) is 20.7 Å². The second-order valence-corrected chi connectivity index (χ2v) is 5.76. The third-order valence-corrected chi connectivity index (χ3v) is 3.90. The highest BCUT2D eigenvalue weighted by molar-refractivity contribution is 5.96. The molecule has 2 heterocycles. The fourth-order valence-electron chi connectivity index (χ4n) is 2.69. The van der Waals surface area contributed by atoms with Gasteiger partial charge >= 0.3 is 5.97 Å². The number of esters is 1. The van der Waals surface area contributed by atoms with Gasteiger partial charge in [0.15, 0.2) is 0 Å². The van der Waals surface area contributed by atoms with E-state index in [0.29, 0.717) is 25.5 Å². The molecule has 0 bridgehead atoms. The number of hydrogen-bond donors (Lipinski definition) is 0. The molecule has 7 heteroatoms. The topological polar surface area (TPSA) is 85.5 Å². The van der Waals surface area contributed by atoms with Crippen LogP contribution in [-0.4, -0.2) is 35.2 Å². The molecule has 1 saturated heterocycles. The Morgan fingerprint density at radius 2 is 2.08 bits per heavy atom. The van der Waals surface area contributed by atoms with Crippen LogP contribution in [0.5, 0.6) is 0 Å². The number of aromatic nitrogens is 2. The van der Waals surface area contributed by atoms with Crippen LogP contribution in [0.3, 0.4) is 0 Å². The average molecular weight is 329 g/mol. The SMILES string of the molecule is CCOC(=O)Cc1nnc([C@H]2CC(=O)N(c3ccc(C)cc3)C2)o1. The van der Waals surface area contributed by atoms with E-state index >= 15 is 0 Å². The van der Waals surface area contributed by atoms with E-state index in [9.17, 15) is 9.59 Å². The molecule has 0 N–H and O–H groups in total. The Hall–Kier alpha value is -2.70. The van der Waals surface area contributed by atoms with Crippen LogP contribution in [0, 0.1) is 6.92 Å². The van der Waals surface area contributed by atoms with Crippen molar-refractivity contribution in [1.29, 1.82) is 0 Å². The molecule has 0 unspecified atom stereocenters. The summed E-state index contributed by atoms with van der Waals surface area (Å²) >= 11 is 0. The summed E-state index contributed by atoms with van der Waals surface area (Å²) in [5, 5.41) is 7.85. The van der Waals surface area contributed by atoms with Crippen molar-refractivity contribution >= 4 is 17.6 Å². The maximum Gasteiger partial charge on any atom is 0.315 e. The van der Waals surface area contributed by atoms with Gasteiger partial charge in [-0.1, -0.05) is 17.7 Å². The molecule has 0 spiro atoms. The molecule has 24 heavy (non-hydrogen) atoms. The molecule has 1 aromatic carbocycles. The molecule has 1 atom stereocenters. The molecule has 0 radical (unpaired) electrons. The van der Waals surface area contributed by atoms with E-state index in [0.717, 1.165) is 11.3 Å². The fourth-order valence-corrected chi connectivity index (χ4v) is 2.69. The molecule has 3 rings (SSSR count). The van der Waals surface area contributed by atoms with E-state index in [1.54, 1.807) is 11.8 Å². The Morgan fingerprint density at radius 3 is 2.79 bits per heavy atom. The van der Waals surface area contributed by atoms with Gasteiger partial charge in [-0.2, -0.15) is 0 Å². The summed E-state index contributed by atoms with van der Waals surface area (Å²) in [6.07, 6.45) is 0.262. The molecule has 1 aliphatic heterocycles. The molecule has 7 nitrogen and oxygen atoms in total. The predicted octanol–water partition coefficient (Wildman–Crippen LogP) is 2.00. The van der Waals surface area contributed by atoms with Crippen LogP contribution in [0.15, 0.2) is 28.7 Å². The van der Waals surface area contributed by atoms with Crippen molar-refractivity contribution in [2.45, 2.75) is 32.6 Å². The van der Waals surface area contributed by atoms with Crippen molar-refractivity contribution in [3.8, 4) is 0 Å². The molecular formula is C17H19N3O4. The first kappa shape index (κ1) is 16.2. The highest BCUT2D eigenvalue weighted by Crippen LogP contribution is 2.31. The minimum atomic E-state index is -0.406. The molecule has 0 saturated carbocycles. The van der Waals surface area contributed by atoms with Crippen molar-refractivity contribution in [2.75, 3.05) is 18.1 Å². The summed E-state index contributed by atoms with van der Waals surface area (Å²) < 4.78 is 10.4. The number of rotatable bonds is 5. The van der Waals surface area contributed by atoms with Crippen molar-refractivity contribution in [2.24, 2.45) is 0 Å². The summed E-state index contributed by atoms with van der Waals surface area (Å²) in [5.74, 6) is 0.0506. The van der Waals surface area contributed by atoms with E-state index in [1.165, 1.54) is 0 Å². The first-order valence-corrected chi connectivity index (χ1v) is 7.91. The molecule has 1 aliphatic rings. The number of nitrogens with zero attached hydrogens (tertiary/aromatic N) is 3. The Balaban J connectivity index is 1.68. The van der Waals surface area contributed by atoms with Crippen LogP contribution in [0.25, 0.3) is 0 Å². The van der Waals surface area contributed by atoms with Crippen molar-refractivity contribution in [3.05, 3.63) is 41.6 Å². The standard InChI is InChI=1S/C17H19N3O4/c1-3-23-16(22)9-14-18-19-17(24-14)12-8-15(21)20(10-12)13-6-4-11(2)5-7-13/h4-7,12H,3,8-10H2,1-2H3/t12-/m0/s1. The highest BCUT2D eigenvalue weighted by Gasteiger charge is 2.35. The second kappa shape index (κ2) is 6.82. The third kappa shape index (κ3) is 3.45. The quantitative estimate of drug-likeness (QED) is 0.780. The Labute approximate surface area is 139 Å². The fraction of sp³-hybridized carbons (Fsp3) is 0.412. The molecule has 126 valence electrons. The van der Waals surface area contributed by atoms with Gasteiger partial charge in [-0.3, -0.25) is 9.59 Å². The smallest absolute Gasteiger partial charge is 0.315 e. The van der Waals surface area contributed by atoms with E-state index in [4.69, 9.17) is 9.15 Å². The maximum absolute atomic E-state index is 12.3. The van der Waals surface area contributed by atoms with Crippen molar-refractivity contribution in [3.63, 3.8) is 0 Å². The summed E-state index contributed by atoms with van der Waals surface area (Å²) in [6, 6.07) is 7.80. The predicted molar refractivity (Wildman–Crippen MR) is 85.5 cm³/mol. The van der Waals surface area contributed by atoms with Gasteiger partial charge in [0.05, 0.1) is 12.5 Å². The van der Waals surface area contributed by atoms with Gasteiger partial charge in [0, 0.05) is 18.7 Å². The second-order valence-electron chi connectivity index (χ2n) is 5.76. The number of ether oxygens (including phenoxy) is 1. The van der Waals surface area contributed by atoms with Crippen LogP contribution in [0.1, 0.15) is 36.6 Å². The van der Waals surface area contributed by atoms with Crippen LogP contribution in [0.2, 0.25) is 0 Å².